The molecule has 0 saturated carbocycles. The summed E-state index contributed by atoms with van der Waals surface area (Å²) in [6, 6.07) is 0. The topological polar surface area (TPSA) is 20.2 Å². The molecule has 0 unspecified atom stereocenters. The van der Waals surface area contributed by atoms with Crippen LogP contribution in [0.15, 0.2) is 0 Å². The first kappa shape index (κ1) is 17.0. The third-order valence-electron chi connectivity index (χ3n) is 3.71. The summed E-state index contributed by atoms with van der Waals surface area (Å²) in [5.74, 6) is 0. The lowest BCUT2D eigenvalue weighted by Crippen LogP contribution is -2.28. The van der Waals surface area contributed by atoms with E-state index in [4.69, 9.17) is 0 Å². The maximum absolute atomic E-state index is 10.6. The summed E-state index contributed by atoms with van der Waals surface area (Å²) < 4.78 is 0. The molecule has 1 N–H and O–H groups in total. The van der Waals surface area contributed by atoms with Crippen molar-refractivity contribution in [1.29, 1.82) is 0 Å². The van der Waals surface area contributed by atoms with Gasteiger partial charge in [0.15, 0.2) is 0 Å². The quantitative estimate of drug-likeness (QED) is 0.451. The minimum atomic E-state index is -0.351. The van der Waals surface area contributed by atoms with Gasteiger partial charge in [-0.25, -0.2) is 0 Å². The largest absolute Gasteiger partial charge is 0.390 e. The molecule has 0 heterocycles. The molecule has 1 nitrogen and oxygen atoms in total. The summed E-state index contributed by atoms with van der Waals surface area (Å²) >= 11 is 0. The molecular formula is C16H34O. The zero-order chi connectivity index (χ0) is 13.0. The van der Waals surface area contributed by atoms with Crippen LogP contribution in [0, 0.1) is 0 Å². The van der Waals surface area contributed by atoms with Gasteiger partial charge in [0.05, 0.1) is 5.60 Å². The van der Waals surface area contributed by atoms with Crippen molar-refractivity contribution in [3.05, 3.63) is 0 Å². The third-order valence-corrected chi connectivity index (χ3v) is 3.71. The highest BCUT2D eigenvalue weighted by Crippen LogP contribution is 2.27. The molecule has 17 heavy (non-hydrogen) atoms. The molecule has 0 aromatic rings. The van der Waals surface area contributed by atoms with E-state index in [-0.39, 0.29) is 5.60 Å². The fourth-order valence-electron chi connectivity index (χ4n) is 2.60. The first-order chi connectivity index (χ1) is 8.18. The van der Waals surface area contributed by atoms with Gasteiger partial charge in [-0.2, -0.15) is 0 Å². The van der Waals surface area contributed by atoms with Gasteiger partial charge >= 0.3 is 0 Å². The molecule has 0 atom stereocenters. The predicted molar refractivity (Wildman–Crippen MR) is 77.4 cm³/mol. The maximum atomic E-state index is 10.6. The van der Waals surface area contributed by atoms with E-state index in [0.29, 0.717) is 0 Å². The molecule has 0 rings (SSSR count). The van der Waals surface area contributed by atoms with Crippen LogP contribution in [0.1, 0.15) is 97.8 Å². The molecule has 104 valence electrons. The van der Waals surface area contributed by atoms with Crippen LogP contribution in [-0.2, 0) is 0 Å². The summed E-state index contributed by atoms with van der Waals surface area (Å²) in [5.41, 5.74) is -0.351. The average molecular weight is 242 g/mol. The second kappa shape index (κ2) is 11.1. The Morgan fingerprint density at radius 1 is 0.588 bits per heavy atom. The number of unbranched alkanes of at least 4 members (excludes halogenated alkanes) is 6. The van der Waals surface area contributed by atoms with Crippen LogP contribution in [0.25, 0.3) is 0 Å². The highest BCUT2D eigenvalue weighted by Gasteiger charge is 2.24. The van der Waals surface area contributed by atoms with E-state index in [2.05, 4.69) is 20.8 Å². The van der Waals surface area contributed by atoms with Crippen molar-refractivity contribution in [2.24, 2.45) is 0 Å². The predicted octanol–water partition coefficient (Wildman–Crippen LogP) is 5.46. The zero-order valence-corrected chi connectivity index (χ0v) is 12.4. The van der Waals surface area contributed by atoms with Crippen LogP contribution in [0.3, 0.4) is 0 Å². The second-order valence-corrected chi connectivity index (χ2v) is 5.60. The number of hydrogen-bond acceptors (Lipinski definition) is 1. The molecule has 0 fully saturated rings. The minimum Gasteiger partial charge on any atom is -0.390 e. The molecule has 0 aliphatic rings. The summed E-state index contributed by atoms with van der Waals surface area (Å²) in [7, 11) is 0. The van der Waals surface area contributed by atoms with Crippen LogP contribution in [0.4, 0.5) is 0 Å². The van der Waals surface area contributed by atoms with Crippen molar-refractivity contribution in [2.75, 3.05) is 0 Å². The van der Waals surface area contributed by atoms with Crippen molar-refractivity contribution in [1.82, 2.24) is 0 Å². The number of hydrogen-bond donors (Lipinski definition) is 1. The molecule has 0 aliphatic heterocycles. The third kappa shape index (κ3) is 9.64. The van der Waals surface area contributed by atoms with Crippen LogP contribution in [0.5, 0.6) is 0 Å². The Hall–Kier alpha value is -0.0400. The molecular weight excluding hydrogens is 208 g/mol. The smallest absolute Gasteiger partial charge is 0.0647 e. The fraction of sp³-hybridized carbons (Fsp3) is 1.00. The Balaban J connectivity index is 3.80. The Kier molecular flexibility index (Phi) is 11.0. The summed E-state index contributed by atoms with van der Waals surface area (Å²) in [6.45, 7) is 6.66. The van der Waals surface area contributed by atoms with Gasteiger partial charge in [-0.05, 0) is 19.3 Å². The van der Waals surface area contributed by atoms with Crippen molar-refractivity contribution >= 4 is 0 Å². The molecule has 0 aromatic carbocycles. The summed E-state index contributed by atoms with van der Waals surface area (Å²) in [5, 5.41) is 10.6. The summed E-state index contributed by atoms with van der Waals surface area (Å²) in [4.78, 5) is 0. The lowest BCUT2D eigenvalue weighted by molar-refractivity contribution is 0.00881. The molecule has 1 heteroatoms. The highest BCUT2D eigenvalue weighted by atomic mass is 16.3. The zero-order valence-electron chi connectivity index (χ0n) is 12.4. The van der Waals surface area contributed by atoms with Gasteiger partial charge in [-0.15, -0.1) is 0 Å². The van der Waals surface area contributed by atoms with Gasteiger partial charge in [-0.3, -0.25) is 0 Å². The molecule has 0 aliphatic carbocycles. The first-order valence-electron chi connectivity index (χ1n) is 7.91. The van der Waals surface area contributed by atoms with Crippen molar-refractivity contribution < 1.29 is 5.11 Å². The van der Waals surface area contributed by atoms with Gasteiger partial charge in [-0.1, -0.05) is 78.6 Å². The number of aliphatic hydroxyl groups is 1. The average Bonchev–Trinajstić information content (AvgIpc) is 2.31. The van der Waals surface area contributed by atoms with Crippen LogP contribution in [-0.4, -0.2) is 10.7 Å². The van der Waals surface area contributed by atoms with E-state index in [9.17, 15) is 5.11 Å². The van der Waals surface area contributed by atoms with Crippen LogP contribution < -0.4 is 0 Å². The molecule has 0 bridgehead atoms. The van der Waals surface area contributed by atoms with Crippen LogP contribution >= 0.6 is 0 Å². The van der Waals surface area contributed by atoms with E-state index in [0.717, 1.165) is 25.7 Å². The Labute approximate surface area is 109 Å². The molecule has 0 radical (unpaired) electrons. The summed E-state index contributed by atoms with van der Waals surface area (Å²) in [6.07, 6.45) is 14.3. The fourth-order valence-corrected chi connectivity index (χ4v) is 2.60. The Bertz CT molecular complexity index is 142. The Morgan fingerprint density at radius 3 is 1.41 bits per heavy atom. The van der Waals surface area contributed by atoms with Gasteiger partial charge in [0.1, 0.15) is 0 Å². The lowest BCUT2D eigenvalue weighted by atomic mass is 9.86. The van der Waals surface area contributed by atoms with Gasteiger partial charge in [0, 0.05) is 0 Å². The molecule has 0 amide bonds. The van der Waals surface area contributed by atoms with Crippen molar-refractivity contribution in [3.8, 4) is 0 Å². The normalized spacial score (nSPS) is 12.0. The van der Waals surface area contributed by atoms with Crippen molar-refractivity contribution in [3.63, 3.8) is 0 Å². The highest BCUT2D eigenvalue weighted by molar-refractivity contribution is 4.77. The first-order valence-corrected chi connectivity index (χ1v) is 7.91. The van der Waals surface area contributed by atoms with Gasteiger partial charge in [0.25, 0.3) is 0 Å². The standard InChI is InChI=1S/C16H34O/c1-4-7-9-11-14-16(17,13-6-3)15-12-10-8-5-2/h17H,4-15H2,1-3H3. The van der Waals surface area contributed by atoms with E-state index in [1.165, 1.54) is 51.4 Å². The van der Waals surface area contributed by atoms with E-state index in [1.54, 1.807) is 0 Å². The Morgan fingerprint density at radius 2 is 1.06 bits per heavy atom. The van der Waals surface area contributed by atoms with E-state index < -0.39 is 0 Å². The van der Waals surface area contributed by atoms with Gasteiger partial charge in [0.2, 0.25) is 0 Å². The monoisotopic (exact) mass is 242 g/mol. The maximum Gasteiger partial charge on any atom is 0.0647 e. The lowest BCUT2D eigenvalue weighted by Gasteiger charge is -2.28. The van der Waals surface area contributed by atoms with E-state index in [1.807, 2.05) is 0 Å². The second-order valence-electron chi connectivity index (χ2n) is 5.60. The van der Waals surface area contributed by atoms with Crippen molar-refractivity contribution in [2.45, 2.75) is 103 Å². The van der Waals surface area contributed by atoms with Crippen LogP contribution in [0.2, 0.25) is 0 Å². The molecule has 0 saturated heterocycles. The molecule has 0 aromatic heterocycles. The van der Waals surface area contributed by atoms with E-state index >= 15 is 0 Å². The minimum absolute atomic E-state index is 0.351. The van der Waals surface area contributed by atoms with Gasteiger partial charge < -0.3 is 5.11 Å². The SMILES string of the molecule is CCCCCCC(O)(CCC)CCCCCC. The molecule has 0 spiro atoms. The number of rotatable bonds is 12.